The Labute approximate surface area is 140 Å². The van der Waals surface area contributed by atoms with Crippen molar-refractivity contribution in [2.24, 2.45) is 17.6 Å². The van der Waals surface area contributed by atoms with Gasteiger partial charge in [0.1, 0.15) is 0 Å². The Bertz CT molecular complexity index is 475. The molecule has 23 heavy (non-hydrogen) atoms. The number of hydrogen-bond donors (Lipinski definition) is 3. The van der Waals surface area contributed by atoms with Crippen LogP contribution in [0.1, 0.15) is 46.0 Å². The molecule has 0 aliphatic heterocycles. The average Bonchev–Trinajstić information content (AvgIpc) is 2.53. The van der Waals surface area contributed by atoms with Crippen LogP contribution in [0, 0.1) is 11.8 Å². The Balaban J connectivity index is 1.90. The molecule has 2 rings (SSSR count). The van der Waals surface area contributed by atoms with Crippen LogP contribution >= 0.6 is 0 Å². The highest BCUT2D eigenvalue weighted by molar-refractivity contribution is 5.79. The largest absolute Gasteiger partial charge is 0.383 e. The minimum atomic E-state index is -0.0184. The molecule has 1 aliphatic carbocycles. The van der Waals surface area contributed by atoms with E-state index in [1.54, 1.807) is 0 Å². The molecule has 0 aromatic heterocycles. The first kappa shape index (κ1) is 17.8. The fraction of sp³-hybridized carbons (Fsp3) is 0.632. The van der Waals surface area contributed by atoms with E-state index in [0.717, 1.165) is 44.3 Å². The summed E-state index contributed by atoms with van der Waals surface area (Å²) >= 11 is 0. The summed E-state index contributed by atoms with van der Waals surface area (Å²) < 4.78 is 0. The fourth-order valence-corrected chi connectivity index (χ4v) is 3.35. The van der Waals surface area contributed by atoms with Crippen molar-refractivity contribution in [2.45, 2.75) is 58.0 Å². The molecule has 1 saturated carbocycles. The maximum Gasteiger partial charge on any atom is 0.224 e. The van der Waals surface area contributed by atoms with Gasteiger partial charge >= 0.3 is 0 Å². The lowest BCUT2D eigenvalue weighted by atomic mass is 9.84. The Kier molecular flexibility index (Phi) is 6.90. The Hall–Kier alpha value is -1.55. The van der Waals surface area contributed by atoms with Gasteiger partial charge in [0.2, 0.25) is 5.91 Å². The minimum Gasteiger partial charge on any atom is -0.383 e. The van der Waals surface area contributed by atoms with Crippen LogP contribution < -0.4 is 16.4 Å². The normalized spacial score (nSPS) is 22.6. The second kappa shape index (κ2) is 8.92. The molecule has 0 saturated heterocycles. The first-order valence-corrected chi connectivity index (χ1v) is 8.91. The molecule has 1 aliphatic rings. The zero-order valence-corrected chi connectivity index (χ0v) is 14.4. The monoisotopic (exact) mass is 317 g/mol. The summed E-state index contributed by atoms with van der Waals surface area (Å²) in [5.41, 5.74) is 7.23. The van der Waals surface area contributed by atoms with Crippen LogP contribution in [0.15, 0.2) is 30.3 Å². The lowest BCUT2D eigenvalue weighted by Gasteiger charge is -2.30. The molecule has 1 aromatic rings. The molecule has 1 amide bonds. The summed E-state index contributed by atoms with van der Waals surface area (Å²) in [7, 11) is 0. The third-order valence-corrected chi connectivity index (χ3v) is 4.58. The first-order chi connectivity index (χ1) is 11.1. The van der Waals surface area contributed by atoms with Crippen LogP contribution in [0.3, 0.4) is 0 Å². The SMILES string of the molecule is CC(C)C[C@H](CNc1ccccc1)NC(=O)[C@@H]1CCCC[C@@H]1N. The van der Waals surface area contributed by atoms with E-state index in [-0.39, 0.29) is 23.9 Å². The number of amides is 1. The molecule has 3 atom stereocenters. The molecule has 4 nitrogen and oxygen atoms in total. The maximum absolute atomic E-state index is 12.6. The molecule has 4 heteroatoms. The highest BCUT2D eigenvalue weighted by Gasteiger charge is 2.29. The molecule has 128 valence electrons. The number of nitrogens with one attached hydrogen (secondary N) is 2. The van der Waals surface area contributed by atoms with Gasteiger partial charge in [0.15, 0.2) is 0 Å². The Morgan fingerprint density at radius 3 is 2.57 bits per heavy atom. The van der Waals surface area contributed by atoms with Gasteiger partial charge in [0.05, 0.1) is 5.92 Å². The third-order valence-electron chi connectivity index (χ3n) is 4.58. The molecule has 1 aromatic carbocycles. The number of hydrogen-bond acceptors (Lipinski definition) is 3. The van der Waals surface area contributed by atoms with Crippen LogP contribution in [0.4, 0.5) is 5.69 Å². The number of anilines is 1. The molecule has 4 N–H and O–H groups in total. The van der Waals surface area contributed by atoms with E-state index in [2.05, 4.69) is 24.5 Å². The van der Waals surface area contributed by atoms with E-state index < -0.39 is 0 Å². The van der Waals surface area contributed by atoms with E-state index in [1.165, 1.54) is 0 Å². The predicted octanol–water partition coefficient (Wildman–Crippen LogP) is 3.15. The van der Waals surface area contributed by atoms with Crippen molar-refractivity contribution < 1.29 is 4.79 Å². The van der Waals surface area contributed by atoms with Crippen LogP contribution in [-0.2, 0) is 4.79 Å². The summed E-state index contributed by atoms with van der Waals surface area (Å²) in [5.74, 6) is 0.658. The smallest absolute Gasteiger partial charge is 0.224 e. The van der Waals surface area contributed by atoms with Crippen LogP contribution in [-0.4, -0.2) is 24.5 Å². The van der Waals surface area contributed by atoms with Crippen molar-refractivity contribution in [3.63, 3.8) is 0 Å². The average molecular weight is 317 g/mol. The van der Waals surface area contributed by atoms with Gasteiger partial charge in [-0.05, 0) is 37.3 Å². The van der Waals surface area contributed by atoms with E-state index in [9.17, 15) is 4.79 Å². The topological polar surface area (TPSA) is 67.1 Å². The molecule has 0 spiro atoms. The molecule has 0 radical (unpaired) electrons. The highest BCUT2D eigenvalue weighted by Crippen LogP contribution is 2.23. The summed E-state index contributed by atoms with van der Waals surface area (Å²) in [6.45, 7) is 5.12. The van der Waals surface area contributed by atoms with Gasteiger partial charge in [-0.3, -0.25) is 4.79 Å². The van der Waals surface area contributed by atoms with Crippen LogP contribution in [0.25, 0.3) is 0 Å². The fourth-order valence-electron chi connectivity index (χ4n) is 3.35. The Morgan fingerprint density at radius 2 is 1.91 bits per heavy atom. The summed E-state index contributed by atoms with van der Waals surface area (Å²) in [6, 6.07) is 10.3. The van der Waals surface area contributed by atoms with Gasteiger partial charge in [-0.1, -0.05) is 44.9 Å². The van der Waals surface area contributed by atoms with E-state index in [1.807, 2.05) is 30.3 Å². The van der Waals surface area contributed by atoms with Crippen molar-refractivity contribution in [1.82, 2.24) is 5.32 Å². The number of para-hydroxylation sites is 1. The lowest BCUT2D eigenvalue weighted by molar-refractivity contribution is -0.127. The van der Waals surface area contributed by atoms with Crippen molar-refractivity contribution >= 4 is 11.6 Å². The highest BCUT2D eigenvalue weighted by atomic mass is 16.2. The maximum atomic E-state index is 12.6. The molecule has 0 unspecified atom stereocenters. The molecule has 0 heterocycles. The van der Waals surface area contributed by atoms with Crippen molar-refractivity contribution in [3.05, 3.63) is 30.3 Å². The Morgan fingerprint density at radius 1 is 1.22 bits per heavy atom. The number of rotatable bonds is 7. The van der Waals surface area contributed by atoms with Crippen molar-refractivity contribution in [1.29, 1.82) is 0 Å². The summed E-state index contributed by atoms with van der Waals surface area (Å²) in [4.78, 5) is 12.6. The van der Waals surface area contributed by atoms with Gasteiger partial charge in [-0.2, -0.15) is 0 Å². The van der Waals surface area contributed by atoms with Gasteiger partial charge in [-0.25, -0.2) is 0 Å². The van der Waals surface area contributed by atoms with Gasteiger partial charge in [0.25, 0.3) is 0 Å². The number of nitrogens with two attached hydrogens (primary N) is 1. The zero-order valence-electron chi connectivity index (χ0n) is 14.4. The van der Waals surface area contributed by atoms with Gasteiger partial charge < -0.3 is 16.4 Å². The second-order valence-electron chi connectivity index (χ2n) is 7.14. The quantitative estimate of drug-likeness (QED) is 0.724. The van der Waals surface area contributed by atoms with E-state index >= 15 is 0 Å². The standard InChI is InChI=1S/C19H31N3O/c1-14(2)12-16(13-21-15-8-4-3-5-9-15)22-19(23)17-10-6-7-11-18(17)20/h3-5,8-9,14,16-18,21H,6-7,10-13,20H2,1-2H3,(H,22,23)/t16-,17-,18+/m1/s1. The van der Waals surface area contributed by atoms with Crippen LogP contribution in [0.5, 0.6) is 0 Å². The third kappa shape index (κ3) is 5.87. The summed E-state index contributed by atoms with van der Waals surface area (Å²) in [5, 5.41) is 6.66. The van der Waals surface area contributed by atoms with Crippen molar-refractivity contribution in [3.8, 4) is 0 Å². The van der Waals surface area contributed by atoms with Crippen LogP contribution in [0.2, 0.25) is 0 Å². The number of carbonyl (C=O) groups excluding carboxylic acids is 1. The van der Waals surface area contributed by atoms with E-state index in [4.69, 9.17) is 5.73 Å². The first-order valence-electron chi connectivity index (χ1n) is 8.91. The number of benzene rings is 1. The molecular weight excluding hydrogens is 286 g/mol. The predicted molar refractivity (Wildman–Crippen MR) is 96.3 cm³/mol. The molecular formula is C19H31N3O. The van der Waals surface area contributed by atoms with Crippen molar-refractivity contribution in [2.75, 3.05) is 11.9 Å². The second-order valence-corrected chi connectivity index (χ2v) is 7.14. The molecule has 1 fully saturated rings. The van der Waals surface area contributed by atoms with Gasteiger partial charge in [0, 0.05) is 24.3 Å². The lowest BCUT2D eigenvalue weighted by Crippen LogP contribution is -2.49. The summed E-state index contributed by atoms with van der Waals surface area (Å²) in [6.07, 6.45) is 5.12. The van der Waals surface area contributed by atoms with E-state index in [0.29, 0.717) is 5.92 Å². The minimum absolute atomic E-state index is 0.0184. The zero-order chi connectivity index (χ0) is 16.7. The van der Waals surface area contributed by atoms with Gasteiger partial charge in [-0.15, -0.1) is 0 Å². The molecule has 0 bridgehead atoms. The number of carbonyl (C=O) groups is 1.